The van der Waals surface area contributed by atoms with Gasteiger partial charge in [0.2, 0.25) is 0 Å². The highest BCUT2D eigenvalue weighted by atomic mass is 32.1. The molecule has 5 aliphatic rings. The fourth-order valence-corrected chi connectivity index (χ4v) is 16.0. The van der Waals surface area contributed by atoms with Crippen LogP contribution < -0.4 is 4.90 Å². The Morgan fingerprint density at radius 2 is 0.925 bits per heavy atom. The highest BCUT2D eigenvalue weighted by Crippen LogP contribution is 2.83. The topological polar surface area (TPSA) is 3.24 Å². The van der Waals surface area contributed by atoms with E-state index in [1.165, 1.54) is 108 Å². The molecule has 4 fully saturated rings. The van der Waals surface area contributed by atoms with E-state index in [1.807, 2.05) is 11.3 Å². The van der Waals surface area contributed by atoms with Gasteiger partial charge in [-0.05, 0) is 189 Å². The molecule has 0 radical (unpaired) electrons. The van der Waals surface area contributed by atoms with E-state index in [-0.39, 0.29) is 5.41 Å². The van der Waals surface area contributed by atoms with Crippen LogP contribution in [0.4, 0.5) is 17.1 Å². The summed E-state index contributed by atoms with van der Waals surface area (Å²) in [7, 11) is 0. The SMILES string of the molecule is c1ccc(-c2ccc(N(c3ccc(-c4ccc(-c5cccc(-c6ccc7c(c6)-c6ccccc6C76C7CC8CC9CC6C9(C8)C7)c5)cc4)cc3)c3ccc4sc5ccccc5c4c3)cc2)cc1. The Labute approximate surface area is 397 Å². The van der Waals surface area contributed by atoms with Crippen LogP contribution in [0.5, 0.6) is 0 Å². The number of rotatable bonds is 7. The van der Waals surface area contributed by atoms with Gasteiger partial charge < -0.3 is 4.90 Å². The molecule has 67 heavy (non-hydrogen) atoms. The second-order valence-corrected chi connectivity index (χ2v) is 21.7. The summed E-state index contributed by atoms with van der Waals surface area (Å²) in [5.74, 6) is 3.58. The molecule has 10 aromatic rings. The van der Waals surface area contributed by atoms with Gasteiger partial charge in [0, 0.05) is 42.6 Å². The Bertz CT molecular complexity index is 3580. The van der Waals surface area contributed by atoms with Crippen molar-refractivity contribution in [3.8, 4) is 55.6 Å². The molecule has 2 heteroatoms. The molecule has 1 aromatic heterocycles. The first kappa shape index (κ1) is 38.1. The van der Waals surface area contributed by atoms with E-state index in [0.717, 1.165) is 40.7 Å². The van der Waals surface area contributed by atoms with Crippen molar-refractivity contribution >= 4 is 48.6 Å². The first-order valence-electron chi connectivity index (χ1n) is 24.5. The molecule has 6 atom stereocenters. The van der Waals surface area contributed by atoms with Gasteiger partial charge in [0.15, 0.2) is 0 Å². The molecule has 4 saturated carbocycles. The van der Waals surface area contributed by atoms with Gasteiger partial charge in [0.1, 0.15) is 0 Å². The first-order valence-corrected chi connectivity index (χ1v) is 25.4. The summed E-state index contributed by atoms with van der Waals surface area (Å²) in [4.78, 5) is 2.39. The molecule has 1 nitrogen and oxygen atoms in total. The van der Waals surface area contributed by atoms with Crippen LogP contribution in [0.15, 0.2) is 212 Å². The lowest BCUT2D eigenvalue weighted by Crippen LogP contribution is -2.50. The number of fused-ring (bicyclic) bond motifs is 12. The number of anilines is 3. The Morgan fingerprint density at radius 1 is 0.373 bits per heavy atom. The highest BCUT2D eigenvalue weighted by molar-refractivity contribution is 7.25. The van der Waals surface area contributed by atoms with Crippen LogP contribution in [0.25, 0.3) is 75.8 Å². The average molecular weight is 876 g/mol. The summed E-state index contributed by atoms with van der Waals surface area (Å²) in [6.07, 6.45) is 7.37. The van der Waals surface area contributed by atoms with Crippen LogP contribution in [-0.4, -0.2) is 0 Å². The summed E-state index contributed by atoms with van der Waals surface area (Å²) in [6, 6.07) is 79.9. The van der Waals surface area contributed by atoms with Crippen molar-refractivity contribution in [2.45, 2.75) is 37.5 Å². The third-order valence-corrected chi connectivity index (χ3v) is 18.8. The number of nitrogens with zero attached hydrogens (tertiary/aromatic N) is 1. The van der Waals surface area contributed by atoms with E-state index in [9.17, 15) is 0 Å². The number of benzene rings is 9. The molecule has 0 saturated heterocycles. The average Bonchev–Trinajstić information content (AvgIpc) is 4.01. The minimum atomic E-state index is 0.225. The van der Waals surface area contributed by atoms with Gasteiger partial charge in [-0.1, -0.05) is 152 Å². The molecule has 15 rings (SSSR count). The van der Waals surface area contributed by atoms with Crippen LogP contribution in [0.1, 0.15) is 43.2 Å². The number of hydrogen-bond acceptors (Lipinski definition) is 2. The fourth-order valence-electron chi connectivity index (χ4n) is 14.9. The quantitative estimate of drug-likeness (QED) is 0.154. The first-order chi connectivity index (χ1) is 33.1. The van der Waals surface area contributed by atoms with Crippen molar-refractivity contribution in [3.63, 3.8) is 0 Å². The van der Waals surface area contributed by atoms with Crippen molar-refractivity contribution in [3.05, 3.63) is 223 Å². The van der Waals surface area contributed by atoms with Gasteiger partial charge in [-0.25, -0.2) is 0 Å². The zero-order valence-electron chi connectivity index (χ0n) is 37.4. The van der Waals surface area contributed by atoms with E-state index in [0.29, 0.717) is 5.41 Å². The van der Waals surface area contributed by atoms with E-state index >= 15 is 0 Å². The van der Waals surface area contributed by atoms with E-state index in [2.05, 4.69) is 217 Å². The lowest BCUT2D eigenvalue weighted by molar-refractivity contribution is -0.0193. The zero-order chi connectivity index (χ0) is 43.8. The van der Waals surface area contributed by atoms with E-state index in [1.54, 1.807) is 11.1 Å². The van der Waals surface area contributed by atoms with Gasteiger partial charge >= 0.3 is 0 Å². The molecule has 2 spiro atoms. The molecule has 0 aliphatic heterocycles. The van der Waals surface area contributed by atoms with Crippen LogP contribution in [0.3, 0.4) is 0 Å². The molecule has 320 valence electrons. The van der Waals surface area contributed by atoms with Gasteiger partial charge in [-0.2, -0.15) is 0 Å². The number of hydrogen-bond donors (Lipinski definition) is 0. The Kier molecular flexibility index (Phi) is 8.11. The third-order valence-electron chi connectivity index (χ3n) is 17.6. The lowest BCUT2D eigenvalue weighted by Gasteiger charge is -2.54. The van der Waals surface area contributed by atoms with Crippen molar-refractivity contribution < 1.29 is 0 Å². The van der Waals surface area contributed by atoms with Crippen molar-refractivity contribution in [2.75, 3.05) is 4.90 Å². The van der Waals surface area contributed by atoms with Crippen molar-refractivity contribution in [2.24, 2.45) is 29.1 Å². The molecule has 5 aliphatic carbocycles. The Hall–Kier alpha value is -7.00. The maximum Gasteiger partial charge on any atom is 0.0468 e. The summed E-state index contributed by atoms with van der Waals surface area (Å²) in [5.41, 5.74) is 20.5. The molecule has 9 aromatic carbocycles. The predicted molar refractivity (Wildman–Crippen MR) is 281 cm³/mol. The zero-order valence-corrected chi connectivity index (χ0v) is 38.2. The van der Waals surface area contributed by atoms with Crippen LogP contribution in [-0.2, 0) is 5.41 Å². The lowest BCUT2D eigenvalue weighted by atomic mass is 9.49. The number of thiophene rings is 1. The van der Waals surface area contributed by atoms with Crippen molar-refractivity contribution in [1.29, 1.82) is 0 Å². The van der Waals surface area contributed by atoms with Crippen molar-refractivity contribution in [1.82, 2.24) is 0 Å². The molecule has 6 unspecified atom stereocenters. The van der Waals surface area contributed by atoms with Gasteiger partial charge in [-0.3, -0.25) is 0 Å². The molecule has 0 amide bonds. The molecule has 1 heterocycles. The van der Waals surface area contributed by atoms with Crippen LogP contribution in [0.2, 0.25) is 0 Å². The van der Waals surface area contributed by atoms with Crippen LogP contribution >= 0.6 is 11.3 Å². The molecular formula is C65H49NS. The maximum atomic E-state index is 2.57. The summed E-state index contributed by atoms with van der Waals surface area (Å²) in [6.45, 7) is 0. The van der Waals surface area contributed by atoms with Gasteiger partial charge in [0.05, 0.1) is 0 Å². The monoisotopic (exact) mass is 875 g/mol. The highest BCUT2D eigenvalue weighted by Gasteiger charge is 2.76. The predicted octanol–water partition coefficient (Wildman–Crippen LogP) is 17.9. The van der Waals surface area contributed by atoms with E-state index < -0.39 is 0 Å². The van der Waals surface area contributed by atoms with Gasteiger partial charge in [0.25, 0.3) is 0 Å². The molecular weight excluding hydrogens is 827 g/mol. The van der Waals surface area contributed by atoms with E-state index in [4.69, 9.17) is 0 Å². The smallest absolute Gasteiger partial charge is 0.0468 e. The standard InChI is InChI=1S/C65H49NS/c1-2-9-42(10-3-1)44-21-26-52(27-22-44)66(54-30-32-62-58(38-54)56-14-5-7-16-61(56)67-62)53-28-23-45(24-29-53)43-17-19-46(20-18-43)47-11-8-12-48(35-47)49-25-31-60-57(36-49)55-13-4-6-15-59(55)65(60)51-34-41-33-50-37-63(65)64(50,39-41)40-51/h1-32,35-36,38,41,50-51,63H,33-34,37,39-40H2. The summed E-state index contributed by atoms with van der Waals surface area (Å²) >= 11 is 1.86. The largest absolute Gasteiger partial charge is 0.310 e. The normalized spacial score (nSPS) is 23.6. The Morgan fingerprint density at radius 3 is 1.70 bits per heavy atom. The minimum Gasteiger partial charge on any atom is -0.310 e. The second-order valence-electron chi connectivity index (χ2n) is 20.6. The minimum absolute atomic E-state index is 0.225. The second kappa shape index (κ2) is 14.3. The fraction of sp³-hybridized carbons (Fsp3) is 0.169. The maximum absolute atomic E-state index is 2.57. The van der Waals surface area contributed by atoms with Crippen LogP contribution in [0, 0.1) is 29.1 Å². The molecule has 3 bridgehead atoms. The van der Waals surface area contributed by atoms with Gasteiger partial charge in [-0.15, -0.1) is 11.3 Å². The summed E-state index contributed by atoms with van der Waals surface area (Å²) < 4.78 is 2.63. The third kappa shape index (κ3) is 5.48. The molecule has 0 N–H and O–H groups in total. The summed E-state index contributed by atoms with van der Waals surface area (Å²) in [5, 5.41) is 2.61. The Balaban J connectivity index is 0.733.